The maximum atomic E-state index is 13.0. The van der Waals surface area contributed by atoms with E-state index in [1.54, 1.807) is 12.1 Å². The smallest absolute Gasteiger partial charge is 0.297 e. The molecule has 0 spiro atoms. The number of aromatic nitrogens is 2. The van der Waals surface area contributed by atoms with Gasteiger partial charge in [0, 0.05) is 11.4 Å². The summed E-state index contributed by atoms with van der Waals surface area (Å²) in [7, 11) is 0. The van der Waals surface area contributed by atoms with Gasteiger partial charge in [0.05, 0.1) is 5.52 Å². The Kier molecular flexibility index (Phi) is 4.99. The number of rotatable bonds is 6. The fourth-order valence-corrected chi connectivity index (χ4v) is 2.64. The Hall–Kier alpha value is -2.56. The third-order valence-electron chi connectivity index (χ3n) is 3.91. The Morgan fingerprint density at radius 2 is 1.67 bits per heavy atom. The van der Waals surface area contributed by atoms with Crippen molar-refractivity contribution in [2.24, 2.45) is 0 Å². The van der Waals surface area contributed by atoms with Gasteiger partial charge in [0.25, 0.3) is 6.43 Å². The first kappa shape index (κ1) is 16.3. The fraction of sp³-hybridized carbons (Fsp3) is 0.263. The van der Waals surface area contributed by atoms with Crippen molar-refractivity contribution in [3.8, 4) is 0 Å². The normalized spacial score (nSPS) is 12.5. The number of hydrogen-bond acceptors (Lipinski definition) is 3. The van der Waals surface area contributed by atoms with Gasteiger partial charge in [0.15, 0.2) is 5.82 Å². The number of anilines is 1. The Morgan fingerprint density at radius 1 is 0.958 bits per heavy atom. The van der Waals surface area contributed by atoms with Gasteiger partial charge in [-0.25, -0.2) is 18.7 Å². The summed E-state index contributed by atoms with van der Waals surface area (Å²) >= 11 is 0. The van der Waals surface area contributed by atoms with Crippen molar-refractivity contribution >= 4 is 16.7 Å². The molecule has 3 nitrogen and oxygen atoms in total. The van der Waals surface area contributed by atoms with Crippen LogP contribution in [0, 0.1) is 0 Å². The van der Waals surface area contributed by atoms with Crippen LogP contribution in [0.5, 0.6) is 0 Å². The molecule has 3 aromatic rings. The second-order valence-corrected chi connectivity index (χ2v) is 5.82. The molecule has 0 aliphatic heterocycles. The van der Waals surface area contributed by atoms with E-state index < -0.39 is 12.2 Å². The van der Waals surface area contributed by atoms with Crippen molar-refractivity contribution in [1.82, 2.24) is 9.97 Å². The molecule has 0 bridgehead atoms. The maximum Gasteiger partial charge on any atom is 0.297 e. The summed E-state index contributed by atoms with van der Waals surface area (Å²) < 4.78 is 26.1. The molecule has 124 valence electrons. The minimum atomic E-state index is -2.69. The van der Waals surface area contributed by atoms with Crippen molar-refractivity contribution in [3.63, 3.8) is 0 Å². The van der Waals surface area contributed by atoms with Gasteiger partial charge in [-0.15, -0.1) is 0 Å². The van der Waals surface area contributed by atoms with Crippen molar-refractivity contribution in [1.29, 1.82) is 0 Å². The second kappa shape index (κ2) is 7.34. The van der Waals surface area contributed by atoms with Crippen LogP contribution in [-0.2, 0) is 6.42 Å². The van der Waals surface area contributed by atoms with Gasteiger partial charge < -0.3 is 5.32 Å². The lowest BCUT2D eigenvalue weighted by Gasteiger charge is -2.17. The number of fused-ring (bicyclic) bond motifs is 1. The molecule has 0 radical (unpaired) electrons. The molecule has 1 aromatic heterocycles. The van der Waals surface area contributed by atoms with Gasteiger partial charge in [-0.1, -0.05) is 42.5 Å². The van der Waals surface area contributed by atoms with Crippen LogP contribution in [0.4, 0.5) is 14.6 Å². The molecule has 24 heavy (non-hydrogen) atoms. The molecule has 0 aliphatic rings. The van der Waals surface area contributed by atoms with Gasteiger partial charge in [-0.05, 0) is 37.5 Å². The van der Waals surface area contributed by atoms with E-state index in [-0.39, 0.29) is 6.04 Å². The highest BCUT2D eigenvalue weighted by atomic mass is 19.3. The van der Waals surface area contributed by atoms with Crippen LogP contribution in [0.25, 0.3) is 10.9 Å². The van der Waals surface area contributed by atoms with E-state index in [9.17, 15) is 8.78 Å². The Balaban J connectivity index is 1.78. The average Bonchev–Trinajstić information content (AvgIpc) is 2.60. The summed E-state index contributed by atoms with van der Waals surface area (Å²) in [5, 5.41) is 4.02. The van der Waals surface area contributed by atoms with Crippen molar-refractivity contribution in [2.75, 3.05) is 5.32 Å². The summed E-state index contributed by atoms with van der Waals surface area (Å²) in [6, 6.07) is 17.5. The SMILES string of the molecule is CC(CCc1ccccc1)Nc1nc(C(F)F)nc2ccccc12. The van der Waals surface area contributed by atoms with Crippen LogP contribution in [0.1, 0.15) is 31.2 Å². The van der Waals surface area contributed by atoms with Crippen molar-refractivity contribution < 1.29 is 8.78 Å². The van der Waals surface area contributed by atoms with E-state index >= 15 is 0 Å². The summed E-state index contributed by atoms with van der Waals surface area (Å²) in [6.07, 6.45) is -0.888. The Morgan fingerprint density at radius 3 is 2.42 bits per heavy atom. The molecular weight excluding hydrogens is 308 g/mol. The highest BCUT2D eigenvalue weighted by molar-refractivity contribution is 5.89. The molecule has 1 heterocycles. The summed E-state index contributed by atoms with van der Waals surface area (Å²) in [4.78, 5) is 7.96. The maximum absolute atomic E-state index is 13.0. The number of para-hydroxylation sites is 1. The van der Waals surface area contributed by atoms with Crippen LogP contribution in [0.15, 0.2) is 54.6 Å². The van der Waals surface area contributed by atoms with E-state index in [1.807, 2.05) is 37.3 Å². The fourth-order valence-electron chi connectivity index (χ4n) is 2.64. The standard InChI is InChI=1S/C19H19F2N3/c1-13(11-12-14-7-3-2-4-8-14)22-18-15-9-5-6-10-16(15)23-19(24-18)17(20)21/h2-10,13,17H,11-12H2,1H3,(H,22,23,24). The van der Waals surface area contributed by atoms with Gasteiger partial charge >= 0.3 is 0 Å². The summed E-state index contributed by atoms with van der Waals surface area (Å²) in [5.74, 6) is 0.0305. The van der Waals surface area contributed by atoms with Crippen molar-refractivity contribution in [2.45, 2.75) is 32.2 Å². The number of nitrogens with one attached hydrogen (secondary N) is 1. The molecular formula is C19H19F2N3. The zero-order valence-corrected chi connectivity index (χ0v) is 13.4. The van der Waals surface area contributed by atoms with Gasteiger partial charge in [-0.2, -0.15) is 0 Å². The quantitative estimate of drug-likeness (QED) is 0.692. The topological polar surface area (TPSA) is 37.8 Å². The third-order valence-corrected chi connectivity index (χ3v) is 3.91. The zero-order chi connectivity index (χ0) is 16.9. The molecule has 5 heteroatoms. The first-order valence-corrected chi connectivity index (χ1v) is 7.99. The molecule has 1 N–H and O–H groups in total. The lowest BCUT2D eigenvalue weighted by Crippen LogP contribution is -2.18. The molecule has 0 aliphatic carbocycles. The predicted molar refractivity (Wildman–Crippen MR) is 92.3 cm³/mol. The Labute approximate surface area is 139 Å². The van der Waals surface area contributed by atoms with E-state index in [0.29, 0.717) is 11.3 Å². The van der Waals surface area contributed by atoms with Crippen LogP contribution in [0.2, 0.25) is 0 Å². The lowest BCUT2D eigenvalue weighted by molar-refractivity contribution is 0.141. The van der Waals surface area contributed by atoms with E-state index in [1.165, 1.54) is 5.56 Å². The van der Waals surface area contributed by atoms with Gasteiger partial charge in [0.2, 0.25) is 0 Å². The first-order valence-electron chi connectivity index (χ1n) is 7.99. The average molecular weight is 327 g/mol. The van der Waals surface area contributed by atoms with Crippen LogP contribution < -0.4 is 5.32 Å². The lowest BCUT2D eigenvalue weighted by atomic mass is 10.1. The highest BCUT2D eigenvalue weighted by Gasteiger charge is 2.16. The van der Waals surface area contributed by atoms with Crippen molar-refractivity contribution in [3.05, 3.63) is 66.0 Å². The largest absolute Gasteiger partial charge is 0.367 e. The van der Waals surface area contributed by atoms with Crippen LogP contribution >= 0.6 is 0 Å². The van der Waals surface area contributed by atoms with E-state index in [4.69, 9.17) is 0 Å². The van der Waals surface area contributed by atoms with Crippen LogP contribution in [0.3, 0.4) is 0 Å². The number of benzene rings is 2. The highest BCUT2D eigenvalue weighted by Crippen LogP contribution is 2.25. The second-order valence-electron chi connectivity index (χ2n) is 5.82. The minimum Gasteiger partial charge on any atom is -0.367 e. The zero-order valence-electron chi connectivity index (χ0n) is 13.4. The molecule has 0 fully saturated rings. The monoisotopic (exact) mass is 327 g/mol. The van der Waals surface area contributed by atoms with Gasteiger partial charge in [-0.3, -0.25) is 0 Å². The molecule has 0 amide bonds. The molecule has 1 unspecified atom stereocenters. The number of nitrogens with zero attached hydrogens (tertiary/aromatic N) is 2. The molecule has 1 atom stereocenters. The first-order chi connectivity index (χ1) is 11.6. The third kappa shape index (κ3) is 3.85. The summed E-state index contributed by atoms with van der Waals surface area (Å²) in [5.41, 5.74) is 1.78. The number of hydrogen-bond donors (Lipinski definition) is 1. The van der Waals surface area contributed by atoms with E-state index in [0.717, 1.165) is 18.2 Å². The molecule has 3 rings (SSSR count). The summed E-state index contributed by atoms with van der Waals surface area (Å²) in [6.45, 7) is 2.03. The molecule has 0 saturated carbocycles. The minimum absolute atomic E-state index is 0.106. The predicted octanol–water partition coefficient (Wildman–Crippen LogP) is 5.00. The van der Waals surface area contributed by atoms with Gasteiger partial charge in [0.1, 0.15) is 5.82 Å². The number of aryl methyl sites for hydroxylation is 1. The van der Waals surface area contributed by atoms with E-state index in [2.05, 4.69) is 27.4 Å². The van der Waals surface area contributed by atoms with Crippen LogP contribution in [-0.4, -0.2) is 16.0 Å². The number of alkyl halides is 2. The molecule has 0 saturated heterocycles. The molecule has 2 aromatic carbocycles. The number of halogens is 2. The Bertz CT molecular complexity index is 806.